The van der Waals surface area contributed by atoms with Crippen LogP contribution in [0.5, 0.6) is 0 Å². The van der Waals surface area contributed by atoms with E-state index in [4.69, 9.17) is 13.4 Å². The number of hydrogen-bond donors (Lipinski definition) is 1. The van der Waals surface area contributed by atoms with Crippen LogP contribution < -0.4 is 10.8 Å². The minimum absolute atomic E-state index is 0.253. The Kier molecular flexibility index (Phi) is 2.56. The quantitative estimate of drug-likeness (QED) is 0.820. The van der Waals surface area contributed by atoms with Crippen molar-refractivity contribution in [1.82, 2.24) is 5.32 Å². The van der Waals surface area contributed by atoms with Crippen LogP contribution >= 0.6 is 0 Å². The molecule has 102 valence electrons. The number of carbonyl (C=O) groups is 1. The van der Waals surface area contributed by atoms with Gasteiger partial charge in [0.2, 0.25) is 0 Å². The molecule has 1 aromatic rings. The number of rotatable bonds is 2. The van der Waals surface area contributed by atoms with Gasteiger partial charge in [-0.2, -0.15) is 0 Å². The van der Waals surface area contributed by atoms with Crippen molar-refractivity contribution in [3.63, 3.8) is 0 Å². The molecule has 0 bridgehead atoms. The number of hydrogen-bond acceptors (Lipinski definition) is 3. The van der Waals surface area contributed by atoms with Crippen molar-refractivity contribution < 1.29 is 18.2 Å². The first kappa shape index (κ1) is 10.5. The van der Waals surface area contributed by atoms with Crippen molar-refractivity contribution in [2.75, 3.05) is 6.98 Å². The predicted octanol–water partition coefficient (Wildman–Crippen LogP) is 1.35. The lowest BCUT2D eigenvalue weighted by molar-refractivity contribution is 0.00578. The molecule has 4 nitrogen and oxygen atoms in total. The number of amides is 1. The van der Waals surface area contributed by atoms with Gasteiger partial charge in [0.25, 0.3) is 5.91 Å². The lowest BCUT2D eigenvalue weighted by atomic mass is 9.78. The SMILES string of the molecule is [2H]C([2H])([2H])NC(=O)c1cccc(B2OC(C)(C)C(C)(C)O2)c1. The Labute approximate surface area is 118 Å². The summed E-state index contributed by atoms with van der Waals surface area (Å²) in [5.41, 5.74) is -0.0244. The van der Waals surface area contributed by atoms with Crippen molar-refractivity contribution in [2.45, 2.75) is 38.9 Å². The van der Waals surface area contributed by atoms with Gasteiger partial charge in [-0.3, -0.25) is 4.79 Å². The molecule has 2 rings (SSSR count). The van der Waals surface area contributed by atoms with Crippen LogP contribution in [0.3, 0.4) is 0 Å². The van der Waals surface area contributed by atoms with Gasteiger partial charge in [-0.1, -0.05) is 12.1 Å². The zero-order valence-electron chi connectivity index (χ0n) is 14.6. The van der Waals surface area contributed by atoms with Gasteiger partial charge in [0.1, 0.15) is 0 Å². The molecule has 1 aliphatic rings. The predicted molar refractivity (Wildman–Crippen MR) is 75.5 cm³/mol. The van der Waals surface area contributed by atoms with Gasteiger partial charge in [-0.15, -0.1) is 0 Å². The van der Waals surface area contributed by atoms with Crippen LogP contribution in [0.1, 0.15) is 42.2 Å². The summed E-state index contributed by atoms with van der Waals surface area (Å²) in [5.74, 6) is -0.654. The molecule has 1 saturated heterocycles. The van der Waals surface area contributed by atoms with Crippen molar-refractivity contribution >= 4 is 18.5 Å². The first-order valence-electron chi connectivity index (χ1n) is 7.69. The fourth-order valence-electron chi connectivity index (χ4n) is 1.88. The summed E-state index contributed by atoms with van der Waals surface area (Å²) < 4.78 is 33.1. The van der Waals surface area contributed by atoms with Crippen molar-refractivity contribution in [1.29, 1.82) is 0 Å². The molecule has 0 radical (unpaired) electrons. The highest BCUT2D eigenvalue weighted by molar-refractivity contribution is 6.62. The third-order valence-electron chi connectivity index (χ3n) is 3.79. The molecule has 5 heteroatoms. The fourth-order valence-corrected chi connectivity index (χ4v) is 1.88. The van der Waals surface area contributed by atoms with Gasteiger partial charge < -0.3 is 14.6 Å². The van der Waals surface area contributed by atoms with E-state index < -0.39 is 31.2 Å². The maximum absolute atomic E-state index is 11.9. The Bertz CT molecular complexity index is 571. The van der Waals surface area contributed by atoms with E-state index in [-0.39, 0.29) is 5.56 Å². The molecule has 0 unspecified atom stereocenters. The zero-order chi connectivity index (χ0) is 16.8. The number of benzene rings is 1. The Morgan fingerprint density at radius 1 is 1.26 bits per heavy atom. The Hall–Kier alpha value is -1.33. The minimum atomic E-state index is -2.52. The van der Waals surface area contributed by atoms with E-state index in [1.165, 1.54) is 0 Å². The topological polar surface area (TPSA) is 47.6 Å². The van der Waals surface area contributed by atoms with E-state index in [0.29, 0.717) is 5.46 Å². The van der Waals surface area contributed by atoms with Crippen LogP contribution in [-0.4, -0.2) is 31.2 Å². The van der Waals surface area contributed by atoms with Crippen molar-refractivity contribution in [2.24, 2.45) is 0 Å². The third kappa shape index (κ3) is 2.53. The molecular weight excluding hydrogens is 241 g/mol. The van der Waals surface area contributed by atoms with E-state index in [9.17, 15) is 4.79 Å². The minimum Gasteiger partial charge on any atom is -0.399 e. The second-order valence-corrected chi connectivity index (χ2v) is 5.67. The molecule has 0 aromatic heterocycles. The molecule has 0 aliphatic carbocycles. The van der Waals surface area contributed by atoms with Gasteiger partial charge in [0.15, 0.2) is 0 Å². The average Bonchev–Trinajstić information content (AvgIpc) is 2.57. The van der Waals surface area contributed by atoms with E-state index in [2.05, 4.69) is 0 Å². The molecule has 1 fully saturated rings. The molecule has 0 saturated carbocycles. The van der Waals surface area contributed by atoms with Gasteiger partial charge in [-0.05, 0) is 45.3 Å². The Balaban J connectivity index is 2.22. The Morgan fingerprint density at radius 2 is 1.89 bits per heavy atom. The summed E-state index contributed by atoms with van der Waals surface area (Å²) in [6, 6.07) is 6.60. The second-order valence-electron chi connectivity index (χ2n) is 5.67. The number of carbonyl (C=O) groups excluding carboxylic acids is 1. The Morgan fingerprint density at radius 3 is 2.47 bits per heavy atom. The highest BCUT2D eigenvalue weighted by Crippen LogP contribution is 2.36. The van der Waals surface area contributed by atoms with Crippen LogP contribution in [0.15, 0.2) is 24.3 Å². The maximum Gasteiger partial charge on any atom is 0.494 e. The monoisotopic (exact) mass is 264 g/mol. The smallest absolute Gasteiger partial charge is 0.399 e. The summed E-state index contributed by atoms with van der Waals surface area (Å²) >= 11 is 0. The first-order chi connectivity index (χ1) is 9.91. The van der Waals surface area contributed by atoms with Gasteiger partial charge >= 0.3 is 7.12 Å². The van der Waals surface area contributed by atoms with Crippen molar-refractivity contribution in [3.05, 3.63) is 29.8 Å². The molecule has 1 heterocycles. The second kappa shape index (κ2) is 4.65. The first-order valence-corrected chi connectivity index (χ1v) is 6.19. The van der Waals surface area contributed by atoms with E-state index in [1.807, 2.05) is 33.0 Å². The summed E-state index contributed by atoms with van der Waals surface area (Å²) in [5, 5.41) is 1.97. The summed E-state index contributed by atoms with van der Waals surface area (Å²) in [4.78, 5) is 11.9. The molecular formula is C14H20BNO3. The summed E-state index contributed by atoms with van der Waals surface area (Å²) in [6.45, 7) is 5.25. The van der Waals surface area contributed by atoms with Crippen LogP contribution in [0.4, 0.5) is 0 Å². The molecule has 0 atom stereocenters. The number of nitrogens with one attached hydrogen (secondary N) is 1. The lowest BCUT2D eigenvalue weighted by Crippen LogP contribution is -2.41. The van der Waals surface area contributed by atoms with Crippen LogP contribution in [0, 0.1) is 0 Å². The van der Waals surface area contributed by atoms with Gasteiger partial charge in [0.05, 0.1) is 11.2 Å². The molecule has 1 N–H and O–H groups in total. The van der Waals surface area contributed by atoms with E-state index >= 15 is 0 Å². The van der Waals surface area contributed by atoms with Crippen molar-refractivity contribution in [3.8, 4) is 0 Å². The zero-order valence-corrected chi connectivity index (χ0v) is 11.6. The van der Waals surface area contributed by atoms with E-state index in [1.54, 1.807) is 24.3 Å². The molecule has 1 aromatic carbocycles. The van der Waals surface area contributed by atoms with Crippen LogP contribution in [-0.2, 0) is 9.31 Å². The summed E-state index contributed by atoms with van der Waals surface area (Å²) in [6.07, 6.45) is 0. The third-order valence-corrected chi connectivity index (χ3v) is 3.79. The average molecular weight is 264 g/mol. The highest BCUT2D eigenvalue weighted by atomic mass is 16.7. The standard InChI is InChI=1S/C14H20BNO3/c1-13(2)14(3,4)19-15(18-13)11-8-6-7-10(9-11)12(17)16-5/h6-9H,1-5H3,(H,16,17)/i5D3. The largest absolute Gasteiger partial charge is 0.494 e. The van der Waals surface area contributed by atoms with Crippen LogP contribution in [0.2, 0.25) is 0 Å². The van der Waals surface area contributed by atoms with Gasteiger partial charge in [-0.25, -0.2) is 0 Å². The maximum atomic E-state index is 11.9. The van der Waals surface area contributed by atoms with Crippen LogP contribution in [0.25, 0.3) is 0 Å². The normalized spacial score (nSPS) is 23.4. The molecule has 1 aliphatic heterocycles. The molecule has 0 spiro atoms. The molecule has 19 heavy (non-hydrogen) atoms. The summed E-state index contributed by atoms with van der Waals surface area (Å²) in [7, 11) is -0.592. The highest BCUT2D eigenvalue weighted by Gasteiger charge is 2.51. The van der Waals surface area contributed by atoms with Gasteiger partial charge in [0, 0.05) is 16.7 Å². The fraction of sp³-hybridized carbons (Fsp3) is 0.500. The van der Waals surface area contributed by atoms with E-state index in [0.717, 1.165) is 0 Å². The lowest BCUT2D eigenvalue weighted by Gasteiger charge is -2.32. The molecule has 1 amide bonds.